The molecule has 33 heavy (non-hydrogen) atoms. The van der Waals surface area contributed by atoms with E-state index in [0.29, 0.717) is 62.4 Å². The molecule has 2 aliphatic heterocycles. The number of carbonyl (C=O) groups excluding carboxylic acids is 1. The van der Waals surface area contributed by atoms with Crippen LogP contribution in [0.3, 0.4) is 0 Å². The summed E-state index contributed by atoms with van der Waals surface area (Å²) >= 11 is 0. The van der Waals surface area contributed by atoms with Crippen LogP contribution in [0, 0.1) is 6.92 Å². The molecular weight excluding hydrogens is 424 g/mol. The van der Waals surface area contributed by atoms with Gasteiger partial charge in [0.1, 0.15) is 5.52 Å². The Morgan fingerprint density at radius 1 is 1.18 bits per heavy atom. The molecular formula is C23H26N6O4. The minimum atomic E-state index is -0.289. The third kappa shape index (κ3) is 4.96. The molecule has 0 spiro atoms. The number of anilines is 2. The lowest BCUT2D eigenvalue weighted by Gasteiger charge is -2.27. The van der Waals surface area contributed by atoms with Gasteiger partial charge in [0.2, 0.25) is 5.95 Å². The van der Waals surface area contributed by atoms with Crippen molar-refractivity contribution >= 4 is 35.0 Å². The van der Waals surface area contributed by atoms with E-state index in [1.165, 1.54) is 0 Å². The van der Waals surface area contributed by atoms with Crippen molar-refractivity contribution in [2.45, 2.75) is 19.4 Å². The van der Waals surface area contributed by atoms with Crippen molar-refractivity contribution in [1.29, 1.82) is 0 Å². The minimum Gasteiger partial charge on any atom is -0.445 e. The van der Waals surface area contributed by atoms with E-state index in [0.717, 1.165) is 17.5 Å². The molecule has 2 saturated heterocycles. The Morgan fingerprint density at radius 2 is 2.06 bits per heavy atom. The Bertz CT molecular complexity index is 1160. The number of aryl methyl sites for hydroxylation is 1. The van der Waals surface area contributed by atoms with Gasteiger partial charge in [-0.3, -0.25) is 4.79 Å². The van der Waals surface area contributed by atoms with Crippen LogP contribution in [0.4, 0.5) is 11.8 Å². The lowest BCUT2D eigenvalue weighted by molar-refractivity contribution is 0.0904. The van der Waals surface area contributed by atoms with Crippen LogP contribution in [0.25, 0.3) is 11.1 Å². The molecule has 0 aliphatic carbocycles. The zero-order chi connectivity index (χ0) is 22.6. The van der Waals surface area contributed by atoms with Crippen molar-refractivity contribution in [3.63, 3.8) is 0 Å². The predicted molar refractivity (Wildman–Crippen MR) is 124 cm³/mol. The molecule has 1 amide bonds. The minimum absolute atomic E-state index is 0.0105. The van der Waals surface area contributed by atoms with E-state index in [9.17, 15) is 4.79 Å². The first-order valence-electron chi connectivity index (χ1n) is 11.0. The van der Waals surface area contributed by atoms with E-state index in [4.69, 9.17) is 13.9 Å². The van der Waals surface area contributed by atoms with Crippen LogP contribution in [0.15, 0.2) is 39.9 Å². The number of morpholine rings is 1. The Kier molecular flexibility index (Phi) is 6.18. The van der Waals surface area contributed by atoms with Crippen LogP contribution in [-0.2, 0) is 9.47 Å². The number of fused-ring (bicyclic) bond motifs is 1. The van der Waals surface area contributed by atoms with Crippen molar-refractivity contribution in [3.05, 3.63) is 47.2 Å². The molecule has 10 nitrogen and oxygen atoms in total. The highest BCUT2D eigenvalue weighted by molar-refractivity contribution is 5.97. The number of carbonyl (C=O) groups is 1. The van der Waals surface area contributed by atoms with Crippen LogP contribution in [0.5, 0.6) is 0 Å². The fourth-order valence-electron chi connectivity index (χ4n) is 3.89. The normalized spacial score (nSPS) is 18.8. The van der Waals surface area contributed by atoms with Crippen LogP contribution in [-0.4, -0.2) is 67.6 Å². The van der Waals surface area contributed by atoms with Gasteiger partial charge in [-0.05, 0) is 18.9 Å². The van der Waals surface area contributed by atoms with Gasteiger partial charge in [-0.2, -0.15) is 10.1 Å². The Morgan fingerprint density at radius 3 is 2.85 bits per heavy atom. The highest BCUT2D eigenvalue weighted by Crippen LogP contribution is 2.29. The first-order chi connectivity index (χ1) is 16.2. The Balaban J connectivity index is 1.43. The summed E-state index contributed by atoms with van der Waals surface area (Å²) in [6, 6.07) is 9.64. The summed E-state index contributed by atoms with van der Waals surface area (Å²) in [5.74, 6) is 0.842. The maximum atomic E-state index is 12.7. The molecule has 0 radical (unpaired) electrons. The Labute approximate surface area is 191 Å². The van der Waals surface area contributed by atoms with E-state index in [-0.39, 0.29) is 17.7 Å². The van der Waals surface area contributed by atoms with Gasteiger partial charge in [-0.1, -0.05) is 29.8 Å². The largest absolute Gasteiger partial charge is 0.445 e. The number of hydrazone groups is 1. The van der Waals surface area contributed by atoms with E-state index < -0.39 is 0 Å². The highest BCUT2D eigenvalue weighted by atomic mass is 16.5. The second-order valence-electron chi connectivity index (χ2n) is 8.11. The average molecular weight is 450 g/mol. The van der Waals surface area contributed by atoms with E-state index >= 15 is 0 Å². The Hall–Kier alpha value is -3.50. The van der Waals surface area contributed by atoms with Crippen LogP contribution < -0.4 is 15.6 Å². The molecule has 1 aromatic carbocycles. The molecule has 1 atom stereocenters. The summed E-state index contributed by atoms with van der Waals surface area (Å²) in [6.07, 6.45) is 2.50. The maximum Gasteiger partial charge on any atom is 0.287 e. The SMILES string of the molecule is Cc1cccc(/C=N/Nc2nc(N3CCOCC3)c3oc(C(=O)NC4CCOC4)cc3n2)c1. The van der Waals surface area contributed by atoms with Gasteiger partial charge < -0.3 is 24.1 Å². The summed E-state index contributed by atoms with van der Waals surface area (Å²) in [6.45, 7) is 5.71. The number of furan rings is 1. The fourth-order valence-corrected chi connectivity index (χ4v) is 3.89. The molecule has 3 aromatic rings. The number of hydrogen-bond donors (Lipinski definition) is 2. The third-order valence-corrected chi connectivity index (χ3v) is 5.57. The molecule has 2 aromatic heterocycles. The molecule has 172 valence electrons. The van der Waals surface area contributed by atoms with Gasteiger partial charge in [0.05, 0.1) is 32.1 Å². The van der Waals surface area contributed by atoms with Crippen molar-refractivity contribution in [1.82, 2.24) is 15.3 Å². The molecule has 5 rings (SSSR count). The fraction of sp³-hybridized carbons (Fsp3) is 0.391. The molecule has 2 aliphatic rings. The summed E-state index contributed by atoms with van der Waals surface area (Å²) < 4.78 is 16.7. The predicted octanol–water partition coefficient (Wildman–Crippen LogP) is 2.33. The summed E-state index contributed by atoms with van der Waals surface area (Å²) in [5.41, 5.74) is 6.04. The topological polar surface area (TPSA) is 114 Å². The smallest absolute Gasteiger partial charge is 0.287 e. The van der Waals surface area contributed by atoms with Crippen LogP contribution in [0.2, 0.25) is 0 Å². The second kappa shape index (κ2) is 9.55. The van der Waals surface area contributed by atoms with Crippen LogP contribution >= 0.6 is 0 Å². The van der Waals surface area contributed by atoms with Gasteiger partial charge in [-0.15, -0.1) is 0 Å². The summed E-state index contributed by atoms with van der Waals surface area (Å²) in [4.78, 5) is 23.9. The van der Waals surface area contributed by atoms with Crippen LogP contribution in [0.1, 0.15) is 28.1 Å². The van der Waals surface area contributed by atoms with E-state index in [2.05, 4.69) is 30.7 Å². The molecule has 4 heterocycles. The van der Waals surface area contributed by atoms with Gasteiger partial charge in [0, 0.05) is 25.8 Å². The number of hydrogen-bond acceptors (Lipinski definition) is 9. The third-order valence-electron chi connectivity index (χ3n) is 5.57. The quantitative estimate of drug-likeness (QED) is 0.435. The zero-order valence-corrected chi connectivity index (χ0v) is 18.4. The molecule has 0 saturated carbocycles. The van der Waals surface area contributed by atoms with Gasteiger partial charge >= 0.3 is 0 Å². The monoisotopic (exact) mass is 450 g/mol. The van der Waals surface area contributed by atoms with Gasteiger partial charge in [-0.25, -0.2) is 10.4 Å². The van der Waals surface area contributed by atoms with Gasteiger partial charge in [0.25, 0.3) is 5.91 Å². The van der Waals surface area contributed by atoms with Crippen molar-refractivity contribution in [2.75, 3.05) is 49.8 Å². The zero-order valence-electron chi connectivity index (χ0n) is 18.4. The number of rotatable bonds is 6. The van der Waals surface area contributed by atoms with E-state index in [1.807, 2.05) is 31.2 Å². The number of nitrogens with one attached hydrogen (secondary N) is 2. The molecule has 2 N–H and O–H groups in total. The summed E-state index contributed by atoms with van der Waals surface area (Å²) in [7, 11) is 0. The molecule has 10 heteroatoms. The van der Waals surface area contributed by atoms with E-state index in [1.54, 1.807) is 12.3 Å². The number of nitrogens with zero attached hydrogens (tertiary/aromatic N) is 4. The van der Waals surface area contributed by atoms with Gasteiger partial charge in [0.15, 0.2) is 17.2 Å². The number of amides is 1. The second-order valence-corrected chi connectivity index (χ2v) is 8.11. The number of benzene rings is 1. The number of ether oxygens (including phenoxy) is 2. The summed E-state index contributed by atoms with van der Waals surface area (Å²) in [5, 5.41) is 7.24. The highest BCUT2D eigenvalue weighted by Gasteiger charge is 2.25. The first-order valence-corrected chi connectivity index (χ1v) is 11.0. The number of aromatic nitrogens is 2. The standard InChI is InChI=1S/C23H26N6O4/c1-15-3-2-4-16(11-15)13-24-28-23-26-18-12-19(22(30)25-17-5-8-32-14-17)33-20(18)21(27-23)29-6-9-31-10-7-29/h2-4,11-13,17H,5-10,14H2,1H3,(H,25,30)(H,26,27,28)/b24-13+. The molecule has 1 unspecified atom stereocenters. The maximum absolute atomic E-state index is 12.7. The van der Waals surface area contributed by atoms with Crippen molar-refractivity contribution in [2.24, 2.45) is 5.10 Å². The lowest BCUT2D eigenvalue weighted by atomic mass is 10.2. The first kappa shape index (κ1) is 21.4. The molecule has 2 fully saturated rings. The van der Waals surface area contributed by atoms with Crippen molar-refractivity contribution in [3.8, 4) is 0 Å². The average Bonchev–Trinajstić information content (AvgIpc) is 3.49. The molecule has 0 bridgehead atoms. The lowest BCUT2D eigenvalue weighted by Crippen LogP contribution is -2.37. The van der Waals surface area contributed by atoms with Crippen molar-refractivity contribution < 1.29 is 18.7 Å².